The highest BCUT2D eigenvalue weighted by Crippen LogP contribution is 2.32. The Labute approximate surface area is 155 Å². The van der Waals surface area contributed by atoms with Crippen LogP contribution in [0.5, 0.6) is 5.75 Å². The van der Waals surface area contributed by atoms with E-state index in [1.165, 1.54) is 19.2 Å². The third-order valence-electron chi connectivity index (χ3n) is 4.32. The summed E-state index contributed by atoms with van der Waals surface area (Å²) in [5.74, 6) is -0.576. The highest BCUT2D eigenvalue weighted by Gasteiger charge is 2.35. The average Bonchev–Trinajstić information content (AvgIpc) is 3.03. The van der Waals surface area contributed by atoms with E-state index in [-0.39, 0.29) is 37.1 Å². The van der Waals surface area contributed by atoms with Gasteiger partial charge in [0, 0.05) is 25.2 Å². The normalized spacial score (nSPS) is 16.7. The standard InChI is InChI=1S/C19H18ClFN2O3/c1-26-17-7-6-15(9-16(17)20)23-11-13(8-18(23)24)19(25)22-10-12-2-4-14(21)5-3-12/h2-7,9,13H,8,10-11H2,1H3,(H,22,25). The number of hydrogen-bond acceptors (Lipinski definition) is 3. The Hall–Kier alpha value is -2.60. The highest BCUT2D eigenvalue weighted by atomic mass is 35.5. The minimum Gasteiger partial charge on any atom is -0.495 e. The first kappa shape index (κ1) is 18.2. The largest absolute Gasteiger partial charge is 0.495 e. The maximum atomic E-state index is 12.9. The minimum absolute atomic E-state index is 0.131. The molecule has 1 fully saturated rings. The molecular weight excluding hydrogens is 359 g/mol. The van der Waals surface area contributed by atoms with Crippen molar-refractivity contribution in [1.29, 1.82) is 0 Å². The van der Waals surface area contributed by atoms with E-state index in [0.29, 0.717) is 16.5 Å². The molecule has 0 bridgehead atoms. The van der Waals surface area contributed by atoms with Crippen LogP contribution < -0.4 is 15.0 Å². The summed E-state index contributed by atoms with van der Waals surface area (Å²) in [7, 11) is 1.52. The number of halogens is 2. The van der Waals surface area contributed by atoms with Gasteiger partial charge in [0.1, 0.15) is 11.6 Å². The van der Waals surface area contributed by atoms with E-state index in [1.54, 1.807) is 35.2 Å². The van der Waals surface area contributed by atoms with Crippen molar-refractivity contribution in [2.24, 2.45) is 5.92 Å². The predicted molar refractivity (Wildman–Crippen MR) is 96.7 cm³/mol. The molecule has 7 heteroatoms. The van der Waals surface area contributed by atoms with Gasteiger partial charge >= 0.3 is 0 Å². The van der Waals surface area contributed by atoms with Crippen LogP contribution in [0.2, 0.25) is 5.02 Å². The molecule has 1 aliphatic rings. The molecule has 136 valence electrons. The smallest absolute Gasteiger partial charge is 0.227 e. The highest BCUT2D eigenvalue weighted by molar-refractivity contribution is 6.32. The number of benzene rings is 2. The van der Waals surface area contributed by atoms with Gasteiger partial charge < -0.3 is 15.0 Å². The number of hydrogen-bond donors (Lipinski definition) is 1. The number of nitrogens with one attached hydrogen (secondary N) is 1. The quantitative estimate of drug-likeness (QED) is 0.872. The first-order valence-electron chi connectivity index (χ1n) is 8.14. The van der Waals surface area contributed by atoms with Crippen LogP contribution in [0.4, 0.5) is 10.1 Å². The fourth-order valence-electron chi connectivity index (χ4n) is 2.89. The van der Waals surface area contributed by atoms with Crippen LogP contribution in [-0.2, 0) is 16.1 Å². The summed E-state index contributed by atoms with van der Waals surface area (Å²) in [4.78, 5) is 26.2. The van der Waals surface area contributed by atoms with E-state index in [9.17, 15) is 14.0 Å². The first-order chi connectivity index (χ1) is 12.5. The van der Waals surface area contributed by atoms with Gasteiger partial charge in [0.05, 0.1) is 18.1 Å². The number of ether oxygens (including phenoxy) is 1. The van der Waals surface area contributed by atoms with Gasteiger partial charge in [-0.05, 0) is 35.9 Å². The van der Waals surface area contributed by atoms with Crippen molar-refractivity contribution in [2.45, 2.75) is 13.0 Å². The number of amides is 2. The van der Waals surface area contributed by atoms with Crippen molar-refractivity contribution in [2.75, 3.05) is 18.6 Å². The summed E-state index contributed by atoms with van der Waals surface area (Å²) in [6, 6.07) is 11.0. The van der Waals surface area contributed by atoms with Gasteiger partial charge in [-0.25, -0.2) is 4.39 Å². The fraction of sp³-hybridized carbons (Fsp3) is 0.263. The molecule has 2 amide bonds. The van der Waals surface area contributed by atoms with Crippen molar-refractivity contribution in [1.82, 2.24) is 5.32 Å². The van der Waals surface area contributed by atoms with E-state index in [0.717, 1.165) is 5.56 Å². The molecule has 1 saturated heterocycles. The zero-order chi connectivity index (χ0) is 18.7. The van der Waals surface area contributed by atoms with Gasteiger partial charge in [-0.1, -0.05) is 23.7 Å². The molecule has 2 aromatic carbocycles. The van der Waals surface area contributed by atoms with E-state index in [1.807, 2.05) is 0 Å². The molecule has 0 saturated carbocycles. The Morgan fingerprint density at radius 3 is 2.69 bits per heavy atom. The molecule has 2 aromatic rings. The van der Waals surface area contributed by atoms with Crippen LogP contribution in [0.25, 0.3) is 0 Å². The number of rotatable bonds is 5. The maximum absolute atomic E-state index is 12.9. The molecule has 5 nitrogen and oxygen atoms in total. The molecule has 1 aliphatic heterocycles. The summed E-state index contributed by atoms with van der Waals surface area (Å²) in [6.07, 6.45) is 0.138. The Morgan fingerprint density at radius 1 is 1.31 bits per heavy atom. The molecule has 0 radical (unpaired) electrons. The van der Waals surface area contributed by atoms with Crippen molar-refractivity contribution >= 4 is 29.1 Å². The van der Waals surface area contributed by atoms with Gasteiger partial charge in [0.25, 0.3) is 0 Å². The van der Waals surface area contributed by atoms with E-state index in [4.69, 9.17) is 16.3 Å². The summed E-state index contributed by atoms with van der Waals surface area (Å²) < 4.78 is 18.0. The van der Waals surface area contributed by atoms with E-state index >= 15 is 0 Å². The van der Waals surface area contributed by atoms with Gasteiger partial charge in [0.2, 0.25) is 11.8 Å². The third kappa shape index (κ3) is 3.96. The fourth-order valence-corrected chi connectivity index (χ4v) is 3.14. The second-order valence-corrected chi connectivity index (χ2v) is 6.48. The first-order valence-corrected chi connectivity index (χ1v) is 8.52. The van der Waals surface area contributed by atoms with Crippen molar-refractivity contribution in [3.63, 3.8) is 0 Å². The molecule has 0 spiro atoms. The molecule has 1 N–H and O–H groups in total. The number of carbonyl (C=O) groups excluding carboxylic acids is 2. The SMILES string of the molecule is COc1ccc(N2CC(C(=O)NCc3ccc(F)cc3)CC2=O)cc1Cl. The molecule has 3 rings (SSSR count). The molecular formula is C19H18ClFN2O3. The lowest BCUT2D eigenvalue weighted by atomic mass is 10.1. The van der Waals surface area contributed by atoms with Gasteiger partial charge in [0.15, 0.2) is 0 Å². The van der Waals surface area contributed by atoms with Crippen LogP contribution in [0.15, 0.2) is 42.5 Å². The number of methoxy groups -OCH3 is 1. The summed E-state index contributed by atoms with van der Waals surface area (Å²) in [6.45, 7) is 0.578. The minimum atomic E-state index is -0.441. The predicted octanol–water partition coefficient (Wildman–Crippen LogP) is 3.16. The molecule has 26 heavy (non-hydrogen) atoms. The van der Waals surface area contributed by atoms with Crippen LogP contribution >= 0.6 is 11.6 Å². The molecule has 0 aliphatic carbocycles. The van der Waals surface area contributed by atoms with Gasteiger partial charge in [-0.15, -0.1) is 0 Å². The van der Waals surface area contributed by atoms with E-state index < -0.39 is 5.92 Å². The third-order valence-corrected chi connectivity index (χ3v) is 4.62. The van der Waals surface area contributed by atoms with Crippen molar-refractivity contribution < 1.29 is 18.7 Å². The monoisotopic (exact) mass is 376 g/mol. The van der Waals surface area contributed by atoms with Crippen LogP contribution in [-0.4, -0.2) is 25.5 Å². The number of nitrogens with zero attached hydrogens (tertiary/aromatic N) is 1. The van der Waals surface area contributed by atoms with Crippen molar-refractivity contribution in [3.05, 3.63) is 58.9 Å². The van der Waals surface area contributed by atoms with Crippen LogP contribution in [0, 0.1) is 11.7 Å². The van der Waals surface area contributed by atoms with Crippen LogP contribution in [0.3, 0.4) is 0 Å². The lowest BCUT2D eigenvalue weighted by Crippen LogP contribution is -2.32. The Bertz CT molecular complexity index is 826. The number of carbonyl (C=O) groups is 2. The Balaban J connectivity index is 1.62. The lowest BCUT2D eigenvalue weighted by Gasteiger charge is -2.18. The Kier molecular flexibility index (Phi) is 5.42. The van der Waals surface area contributed by atoms with Gasteiger partial charge in [-0.3, -0.25) is 9.59 Å². The maximum Gasteiger partial charge on any atom is 0.227 e. The van der Waals surface area contributed by atoms with Gasteiger partial charge in [-0.2, -0.15) is 0 Å². The van der Waals surface area contributed by atoms with Crippen LogP contribution in [0.1, 0.15) is 12.0 Å². The topological polar surface area (TPSA) is 58.6 Å². The second kappa shape index (κ2) is 7.74. The summed E-state index contributed by atoms with van der Waals surface area (Å²) >= 11 is 6.11. The van der Waals surface area contributed by atoms with Crippen molar-refractivity contribution in [3.8, 4) is 5.75 Å². The Morgan fingerprint density at radius 2 is 2.04 bits per heavy atom. The zero-order valence-corrected chi connectivity index (χ0v) is 14.9. The summed E-state index contributed by atoms with van der Waals surface area (Å²) in [5.41, 5.74) is 1.43. The molecule has 1 atom stereocenters. The molecule has 0 aromatic heterocycles. The zero-order valence-electron chi connectivity index (χ0n) is 14.2. The lowest BCUT2D eigenvalue weighted by molar-refractivity contribution is -0.126. The second-order valence-electron chi connectivity index (χ2n) is 6.07. The molecule has 1 unspecified atom stereocenters. The average molecular weight is 377 g/mol. The molecule has 1 heterocycles. The number of anilines is 1. The van der Waals surface area contributed by atoms with E-state index in [2.05, 4.69) is 5.32 Å². The summed E-state index contributed by atoms with van der Waals surface area (Å²) in [5, 5.41) is 3.20.